The SMILES string of the molecule is CC1(C)OB(c2c(Cl)ccc(O)c2Cl)OC1(C)C. The predicted molar refractivity (Wildman–Crippen MR) is 73.8 cm³/mol. The van der Waals surface area contributed by atoms with Crippen molar-refractivity contribution in [2.45, 2.75) is 38.9 Å². The Kier molecular flexibility index (Phi) is 3.35. The van der Waals surface area contributed by atoms with Gasteiger partial charge in [0.05, 0.1) is 16.2 Å². The molecule has 0 aromatic heterocycles. The van der Waals surface area contributed by atoms with E-state index in [-0.39, 0.29) is 10.8 Å². The van der Waals surface area contributed by atoms with Crippen molar-refractivity contribution in [1.29, 1.82) is 0 Å². The molecular weight excluding hydrogens is 274 g/mol. The van der Waals surface area contributed by atoms with E-state index in [4.69, 9.17) is 32.5 Å². The number of hydrogen-bond donors (Lipinski definition) is 1. The quantitative estimate of drug-likeness (QED) is 0.808. The fraction of sp³-hybridized carbons (Fsp3) is 0.500. The Labute approximate surface area is 117 Å². The van der Waals surface area contributed by atoms with Crippen LogP contribution in [0.2, 0.25) is 10.0 Å². The molecule has 1 aromatic rings. The Bertz CT molecular complexity index is 472. The second-order valence-corrected chi connectivity index (χ2v) is 6.17. The first-order chi connectivity index (χ1) is 8.16. The summed E-state index contributed by atoms with van der Waals surface area (Å²) in [6.45, 7) is 7.77. The molecule has 3 nitrogen and oxygen atoms in total. The van der Waals surface area contributed by atoms with Gasteiger partial charge in [-0.05, 0) is 39.8 Å². The van der Waals surface area contributed by atoms with Crippen molar-refractivity contribution in [3.05, 3.63) is 22.2 Å². The standard InChI is InChI=1S/C12H15BCl2O3/c1-11(2)12(3,4)18-13(17-11)9-7(14)5-6-8(16)10(9)15/h5-6,16H,1-4H3. The van der Waals surface area contributed by atoms with Crippen molar-refractivity contribution < 1.29 is 14.4 Å². The van der Waals surface area contributed by atoms with Crippen molar-refractivity contribution in [1.82, 2.24) is 0 Å². The minimum atomic E-state index is -0.679. The number of benzene rings is 1. The van der Waals surface area contributed by atoms with E-state index < -0.39 is 18.3 Å². The summed E-state index contributed by atoms with van der Waals surface area (Å²) in [5.74, 6) is -0.0363. The average molecular weight is 289 g/mol. The van der Waals surface area contributed by atoms with Crippen molar-refractivity contribution in [3.8, 4) is 5.75 Å². The molecule has 0 aliphatic carbocycles. The summed E-state index contributed by atoms with van der Waals surface area (Å²) in [6, 6.07) is 3.02. The molecule has 18 heavy (non-hydrogen) atoms. The first-order valence-electron chi connectivity index (χ1n) is 5.68. The maximum atomic E-state index is 9.64. The van der Waals surface area contributed by atoms with E-state index in [1.54, 1.807) is 6.07 Å². The molecule has 6 heteroatoms. The van der Waals surface area contributed by atoms with Gasteiger partial charge in [0.25, 0.3) is 0 Å². The monoisotopic (exact) mass is 288 g/mol. The van der Waals surface area contributed by atoms with Crippen LogP contribution in [0.1, 0.15) is 27.7 Å². The fourth-order valence-corrected chi connectivity index (χ4v) is 2.28. The Morgan fingerprint density at radius 2 is 1.56 bits per heavy atom. The van der Waals surface area contributed by atoms with Crippen LogP contribution >= 0.6 is 23.2 Å². The van der Waals surface area contributed by atoms with Crippen molar-refractivity contribution in [3.63, 3.8) is 0 Å². The third-order valence-electron chi connectivity index (χ3n) is 3.60. The Morgan fingerprint density at radius 3 is 2.06 bits per heavy atom. The lowest BCUT2D eigenvalue weighted by molar-refractivity contribution is 0.00578. The van der Waals surface area contributed by atoms with Crippen molar-refractivity contribution >= 4 is 35.8 Å². The van der Waals surface area contributed by atoms with E-state index in [1.165, 1.54) is 6.07 Å². The van der Waals surface area contributed by atoms with Gasteiger partial charge in [-0.2, -0.15) is 0 Å². The highest BCUT2D eigenvalue weighted by atomic mass is 35.5. The lowest BCUT2D eigenvalue weighted by Crippen LogP contribution is -2.41. The summed E-state index contributed by atoms with van der Waals surface area (Å²) >= 11 is 12.2. The van der Waals surface area contributed by atoms with Gasteiger partial charge in [-0.25, -0.2) is 0 Å². The third kappa shape index (κ3) is 2.12. The minimum Gasteiger partial charge on any atom is -0.506 e. The summed E-state index contributed by atoms with van der Waals surface area (Å²) in [5.41, 5.74) is -0.483. The smallest absolute Gasteiger partial charge is 0.498 e. The summed E-state index contributed by atoms with van der Waals surface area (Å²) in [4.78, 5) is 0. The first kappa shape index (κ1) is 14.0. The van der Waals surface area contributed by atoms with Gasteiger partial charge in [0.2, 0.25) is 0 Å². The molecule has 98 valence electrons. The van der Waals surface area contributed by atoms with E-state index in [9.17, 15) is 5.11 Å². The van der Waals surface area contributed by atoms with Crippen LogP contribution in [0, 0.1) is 0 Å². The lowest BCUT2D eigenvalue weighted by Gasteiger charge is -2.32. The van der Waals surface area contributed by atoms with E-state index in [2.05, 4.69) is 0 Å². The summed E-state index contributed by atoms with van der Waals surface area (Å²) in [7, 11) is -0.679. The number of phenolic OH excluding ortho intramolecular Hbond substituents is 1. The van der Waals surface area contributed by atoms with E-state index in [1.807, 2.05) is 27.7 Å². The molecule has 1 heterocycles. The normalized spacial score (nSPS) is 21.3. The molecule has 1 aromatic carbocycles. The highest BCUT2D eigenvalue weighted by Crippen LogP contribution is 2.38. The fourth-order valence-electron chi connectivity index (χ4n) is 1.73. The number of halogens is 2. The van der Waals surface area contributed by atoms with Gasteiger partial charge in [-0.1, -0.05) is 23.2 Å². The third-order valence-corrected chi connectivity index (χ3v) is 4.32. The average Bonchev–Trinajstić information content (AvgIpc) is 2.43. The molecule has 1 fully saturated rings. The maximum Gasteiger partial charge on any atom is 0.498 e. The summed E-state index contributed by atoms with van der Waals surface area (Å²) in [6.07, 6.45) is 0. The van der Waals surface area contributed by atoms with Gasteiger partial charge >= 0.3 is 7.12 Å². The summed E-state index contributed by atoms with van der Waals surface area (Å²) in [5, 5.41) is 10.2. The van der Waals surface area contributed by atoms with Crippen LogP contribution in [0.4, 0.5) is 0 Å². The van der Waals surface area contributed by atoms with Gasteiger partial charge < -0.3 is 14.4 Å². The van der Waals surface area contributed by atoms with Gasteiger partial charge in [-0.3, -0.25) is 0 Å². The minimum absolute atomic E-state index is 0.0363. The van der Waals surface area contributed by atoms with Crippen LogP contribution in [0.5, 0.6) is 5.75 Å². The zero-order chi connectivity index (χ0) is 13.7. The maximum absolute atomic E-state index is 9.64. The summed E-state index contributed by atoms with van der Waals surface area (Å²) < 4.78 is 11.7. The van der Waals surface area contributed by atoms with Crippen LogP contribution in [0.3, 0.4) is 0 Å². The second-order valence-electron chi connectivity index (χ2n) is 5.38. The van der Waals surface area contributed by atoms with Crippen molar-refractivity contribution in [2.24, 2.45) is 0 Å². The van der Waals surface area contributed by atoms with E-state index in [0.29, 0.717) is 10.5 Å². The molecule has 2 rings (SSSR count). The van der Waals surface area contributed by atoms with Crippen LogP contribution in [-0.2, 0) is 9.31 Å². The topological polar surface area (TPSA) is 38.7 Å². The Balaban J connectivity index is 2.44. The van der Waals surface area contributed by atoms with Gasteiger partial charge in [0.1, 0.15) is 5.75 Å². The second kappa shape index (κ2) is 4.31. The Morgan fingerprint density at radius 1 is 1.06 bits per heavy atom. The lowest BCUT2D eigenvalue weighted by atomic mass is 9.79. The van der Waals surface area contributed by atoms with Crippen LogP contribution in [0.25, 0.3) is 0 Å². The molecule has 0 amide bonds. The number of phenols is 1. The van der Waals surface area contributed by atoms with Crippen LogP contribution in [0.15, 0.2) is 12.1 Å². The Hall–Kier alpha value is -0.415. The molecular formula is C12H15BCl2O3. The molecule has 1 aliphatic heterocycles. The van der Waals surface area contributed by atoms with Gasteiger partial charge in [0.15, 0.2) is 0 Å². The number of hydrogen-bond acceptors (Lipinski definition) is 3. The van der Waals surface area contributed by atoms with Gasteiger partial charge in [0, 0.05) is 10.5 Å². The van der Waals surface area contributed by atoms with E-state index >= 15 is 0 Å². The number of aromatic hydroxyl groups is 1. The molecule has 0 radical (unpaired) electrons. The molecule has 1 saturated heterocycles. The van der Waals surface area contributed by atoms with Crippen LogP contribution in [-0.4, -0.2) is 23.4 Å². The molecule has 0 atom stereocenters. The zero-order valence-electron chi connectivity index (χ0n) is 10.8. The van der Waals surface area contributed by atoms with Crippen molar-refractivity contribution in [2.75, 3.05) is 0 Å². The molecule has 1 N–H and O–H groups in total. The number of rotatable bonds is 1. The predicted octanol–water partition coefficient (Wildman–Crippen LogP) is 3.00. The first-order valence-corrected chi connectivity index (χ1v) is 6.44. The van der Waals surface area contributed by atoms with E-state index in [0.717, 1.165) is 0 Å². The van der Waals surface area contributed by atoms with Gasteiger partial charge in [-0.15, -0.1) is 0 Å². The van der Waals surface area contributed by atoms with Crippen LogP contribution < -0.4 is 5.46 Å². The zero-order valence-corrected chi connectivity index (χ0v) is 12.3. The molecule has 0 spiro atoms. The molecule has 0 saturated carbocycles. The highest BCUT2D eigenvalue weighted by Gasteiger charge is 2.53. The molecule has 1 aliphatic rings. The largest absolute Gasteiger partial charge is 0.506 e. The highest BCUT2D eigenvalue weighted by molar-refractivity contribution is 6.69. The molecule has 0 unspecified atom stereocenters. The molecule has 0 bridgehead atoms.